The molecule has 2 aromatic carbocycles. The zero-order valence-corrected chi connectivity index (χ0v) is 11.6. The Balaban J connectivity index is 2.36. The van der Waals surface area contributed by atoms with Crippen molar-refractivity contribution in [2.45, 2.75) is 13.8 Å². The van der Waals surface area contributed by atoms with Gasteiger partial charge in [-0.2, -0.15) is 0 Å². The summed E-state index contributed by atoms with van der Waals surface area (Å²) < 4.78 is 13.2. The first-order valence-electron chi connectivity index (χ1n) is 6.30. The minimum atomic E-state index is -1.13. The van der Waals surface area contributed by atoms with Crippen LogP contribution in [-0.4, -0.2) is 17.0 Å². The van der Waals surface area contributed by atoms with Crippen LogP contribution in [0.4, 0.5) is 10.1 Å². The first-order chi connectivity index (χ1) is 9.88. The van der Waals surface area contributed by atoms with Crippen LogP contribution in [0.15, 0.2) is 36.4 Å². The summed E-state index contributed by atoms with van der Waals surface area (Å²) in [6.45, 7) is 3.44. The Kier molecular flexibility index (Phi) is 4.03. The van der Waals surface area contributed by atoms with Crippen molar-refractivity contribution in [2.24, 2.45) is 0 Å². The van der Waals surface area contributed by atoms with Gasteiger partial charge >= 0.3 is 5.97 Å². The molecule has 0 bridgehead atoms. The van der Waals surface area contributed by atoms with E-state index in [9.17, 15) is 14.0 Å². The Morgan fingerprint density at radius 2 is 1.76 bits per heavy atom. The highest BCUT2D eigenvalue weighted by Gasteiger charge is 2.15. The molecule has 1 amide bonds. The number of rotatable bonds is 3. The van der Waals surface area contributed by atoms with Crippen molar-refractivity contribution >= 4 is 17.6 Å². The van der Waals surface area contributed by atoms with Crippen LogP contribution in [0.1, 0.15) is 31.8 Å². The molecular formula is C16H14FNO3. The van der Waals surface area contributed by atoms with Gasteiger partial charge in [0, 0.05) is 5.56 Å². The van der Waals surface area contributed by atoms with Crippen LogP contribution < -0.4 is 5.32 Å². The fraction of sp³-hybridized carbons (Fsp3) is 0.125. The maximum Gasteiger partial charge on any atom is 0.337 e. The first-order valence-corrected chi connectivity index (χ1v) is 6.30. The highest BCUT2D eigenvalue weighted by atomic mass is 19.1. The minimum Gasteiger partial charge on any atom is -0.478 e. The molecule has 0 aromatic heterocycles. The smallest absolute Gasteiger partial charge is 0.337 e. The fourth-order valence-corrected chi connectivity index (χ4v) is 1.97. The number of carbonyl (C=O) groups excluding carboxylic acids is 1. The van der Waals surface area contributed by atoms with E-state index < -0.39 is 17.7 Å². The minimum absolute atomic E-state index is 0.00240. The number of nitrogens with one attached hydrogen (secondary N) is 1. The molecule has 0 heterocycles. The van der Waals surface area contributed by atoms with Gasteiger partial charge in [0.1, 0.15) is 5.82 Å². The van der Waals surface area contributed by atoms with Gasteiger partial charge in [-0.25, -0.2) is 9.18 Å². The van der Waals surface area contributed by atoms with Gasteiger partial charge in [-0.1, -0.05) is 17.7 Å². The molecule has 0 aliphatic heterocycles. The van der Waals surface area contributed by atoms with Gasteiger partial charge in [0.2, 0.25) is 0 Å². The van der Waals surface area contributed by atoms with E-state index in [1.165, 1.54) is 24.3 Å². The second-order valence-corrected chi connectivity index (χ2v) is 4.77. The highest BCUT2D eigenvalue weighted by molar-refractivity contribution is 6.08. The second kappa shape index (κ2) is 5.75. The van der Waals surface area contributed by atoms with Crippen molar-refractivity contribution in [3.05, 3.63) is 64.5 Å². The lowest BCUT2D eigenvalue weighted by molar-refractivity contribution is 0.0698. The van der Waals surface area contributed by atoms with Gasteiger partial charge in [0.05, 0.1) is 11.3 Å². The molecule has 0 saturated carbocycles. The zero-order chi connectivity index (χ0) is 15.6. The number of hydrogen-bond acceptors (Lipinski definition) is 2. The van der Waals surface area contributed by atoms with Gasteiger partial charge in [-0.05, 0) is 43.7 Å². The standard InChI is InChI=1S/C16H14FNO3/c1-9-3-6-14(13(7-9)16(20)21)18-15(19)12-8-11(17)5-4-10(12)2/h3-8H,1-2H3,(H,18,19)(H,20,21). The van der Waals surface area contributed by atoms with Crippen molar-refractivity contribution in [1.29, 1.82) is 0 Å². The third-order valence-corrected chi connectivity index (χ3v) is 3.10. The molecule has 0 atom stereocenters. The number of carbonyl (C=O) groups is 2. The van der Waals surface area contributed by atoms with Gasteiger partial charge < -0.3 is 10.4 Å². The Hall–Kier alpha value is -2.69. The summed E-state index contributed by atoms with van der Waals surface area (Å²) in [6, 6.07) is 8.57. The lowest BCUT2D eigenvalue weighted by atomic mass is 10.1. The van der Waals surface area contributed by atoms with E-state index in [1.54, 1.807) is 19.9 Å². The van der Waals surface area contributed by atoms with Crippen molar-refractivity contribution in [2.75, 3.05) is 5.32 Å². The molecule has 108 valence electrons. The van der Waals surface area contributed by atoms with E-state index >= 15 is 0 Å². The van der Waals surface area contributed by atoms with E-state index in [0.717, 1.165) is 11.6 Å². The number of hydrogen-bond donors (Lipinski definition) is 2. The van der Waals surface area contributed by atoms with Gasteiger partial charge in [0.15, 0.2) is 0 Å². The fourth-order valence-electron chi connectivity index (χ4n) is 1.97. The summed E-state index contributed by atoms with van der Waals surface area (Å²) >= 11 is 0. The molecule has 2 rings (SSSR count). The van der Waals surface area contributed by atoms with Crippen molar-refractivity contribution in [3.8, 4) is 0 Å². The van der Waals surface area contributed by atoms with Gasteiger partial charge in [-0.15, -0.1) is 0 Å². The molecule has 21 heavy (non-hydrogen) atoms. The van der Waals surface area contributed by atoms with E-state index in [4.69, 9.17) is 5.11 Å². The van der Waals surface area contributed by atoms with Crippen molar-refractivity contribution in [1.82, 2.24) is 0 Å². The third kappa shape index (κ3) is 3.25. The molecule has 4 nitrogen and oxygen atoms in total. The Labute approximate surface area is 121 Å². The van der Waals surface area contributed by atoms with Crippen molar-refractivity contribution < 1.29 is 19.1 Å². The average molecular weight is 287 g/mol. The van der Waals surface area contributed by atoms with Crippen LogP contribution in [0.5, 0.6) is 0 Å². The predicted octanol–water partition coefficient (Wildman–Crippen LogP) is 3.39. The van der Waals surface area contributed by atoms with E-state index in [1.807, 2.05) is 0 Å². The molecule has 0 aliphatic carbocycles. The van der Waals surface area contributed by atoms with Gasteiger partial charge in [0.25, 0.3) is 5.91 Å². The summed E-state index contributed by atoms with van der Waals surface area (Å²) in [4.78, 5) is 23.4. The van der Waals surface area contributed by atoms with E-state index in [2.05, 4.69) is 5.32 Å². The number of carboxylic acids is 1. The zero-order valence-electron chi connectivity index (χ0n) is 11.6. The van der Waals surface area contributed by atoms with Crippen LogP contribution in [0.3, 0.4) is 0 Å². The molecule has 0 unspecified atom stereocenters. The largest absolute Gasteiger partial charge is 0.478 e. The normalized spacial score (nSPS) is 10.2. The molecule has 2 N–H and O–H groups in total. The summed E-state index contributed by atoms with van der Waals surface area (Å²) in [5.41, 5.74) is 1.73. The number of carboxylic acid groups (broad SMARTS) is 1. The SMILES string of the molecule is Cc1ccc(NC(=O)c2cc(F)ccc2C)c(C(=O)O)c1. The number of halogens is 1. The molecule has 0 fully saturated rings. The number of aryl methyl sites for hydroxylation is 2. The predicted molar refractivity (Wildman–Crippen MR) is 77.2 cm³/mol. The maximum atomic E-state index is 13.2. The quantitative estimate of drug-likeness (QED) is 0.909. The lowest BCUT2D eigenvalue weighted by Gasteiger charge is -2.11. The average Bonchev–Trinajstić information content (AvgIpc) is 2.43. The van der Waals surface area contributed by atoms with Crippen LogP contribution in [-0.2, 0) is 0 Å². The number of anilines is 1. The molecule has 2 aromatic rings. The Bertz CT molecular complexity index is 725. The summed E-state index contributed by atoms with van der Waals surface area (Å²) in [5.74, 6) is -2.20. The molecule has 5 heteroatoms. The Morgan fingerprint density at radius 1 is 1.05 bits per heavy atom. The van der Waals surface area contributed by atoms with Crippen LogP contribution in [0, 0.1) is 19.7 Å². The van der Waals surface area contributed by atoms with Crippen LogP contribution >= 0.6 is 0 Å². The Morgan fingerprint density at radius 3 is 2.43 bits per heavy atom. The monoisotopic (exact) mass is 287 g/mol. The second-order valence-electron chi connectivity index (χ2n) is 4.77. The third-order valence-electron chi connectivity index (χ3n) is 3.10. The number of aromatic carboxylic acids is 1. The molecular weight excluding hydrogens is 273 g/mol. The van der Waals surface area contributed by atoms with Crippen LogP contribution in [0.2, 0.25) is 0 Å². The topological polar surface area (TPSA) is 66.4 Å². The van der Waals surface area contributed by atoms with E-state index in [-0.39, 0.29) is 16.8 Å². The molecule has 0 spiro atoms. The lowest BCUT2D eigenvalue weighted by Crippen LogP contribution is -2.16. The summed E-state index contributed by atoms with van der Waals surface area (Å²) in [5, 5.41) is 11.7. The number of benzene rings is 2. The summed E-state index contributed by atoms with van der Waals surface area (Å²) in [7, 11) is 0. The van der Waals surface area contributed by atoms with Crippen molar-refractivity contribution in [3.63, 3.8) is 0 Å². The molecule has 0 radical (unpaired) electrons. The van der Waals surface area contributed by atoms with Gasteiger partial charge in [-0.3, -0.25) is 4.79 Å². The number of amides is 1. The highest BCUT2D eigenvalue weighted by Crippen LogP contribution is 2.19. The summed E-state index contributed by atoms with van der Waals surface area (Å²) in [6.07, 6.45) is 0. The van der Waals surface area contributed by atoms with E-state index in [0.29, 0.717) is 5.56 Å². The molecule has 0 saturated heterocycles. The first kappa shape index (κ1) is 14.7. The maximum absolute atomic E-state index is 13.2. The molecule has 0 aliphatic rings. The van der Waals surface area contributed by atoms with Crippen LogP contribution in [0.25, 0.3) is 0 Å².